The lowest BCUT2D eigenvalue weighted by Gasteiger charge is -2.16. The van der Waals surface area contributed by atoms with Crippen LogP contribution in [-0.2, 0) is 11.2 Å². The zero-order valence-electron chi connectivity index (χ0n) is 13.4. The topological polar surface area (TPSA) is 86.2 Å². The van der Waals surface area contributed by atoms with Gasteiger partial charge in [0.1, 0.15) is 0 Å². The van der Waals surface area contributed by atoms with E-state index in [1.54, 1.807) is 0 Å². The first-order valence-corrected chi connectivity index (χ1v) is 7.67. The highest BCUT2D eigenvalue weighted by molar-refractivity contribution is 6.13. The van der Waals surface area contributed by atoms with Gasteiger partial charge in [0.15, 0.2) is 0 Å². The van der Waals surface area contributed by atoms with Crippen LogP contribution in [0.4, 0.5) is 0 Å². The molecule has 120 valence electrons. The molecule has 3 aromatic carbocycles. The summed E-state index contributed by atoms with van der Waals surface area (Å²) in [6.07, 6.45) is 0.111. The average molecular weight is 318 g/mol. The number of carbonyl (C=O) groups is 2. The molecule has 4 heteroatoms. The maximum Gasteiger partial charge on any atom is 0.249 e. The van der Waals surface area contributed by atoms with Crippen molar-refractivity contribution in [3.05, 3.63) is 71.3 Å². The Kier molecular flexibility index (Phi) is 4.04. The molecule has 0 heterocycles. The van der Waals surface area contributed by atoms with Gasteiger partial charge in [0.25, 0.3) is 0 Å². The van der Waals surface area contributed by atoms with Crippen molar-refractivity contribution in [2.75, 3.05) is 0 Å². The predicted molar refractivity (Wildman–Crippen MR) is 95.5 cm³/mol. The second-order valence-electron chi connectivity index (χ2n) is 5.83. The maximum absolute atomic E-state index is 12.2. The summed E-state index contributed by atoms with van der Waals surface area (Å²) in [6, 6.07) is 17.1. The van der Waals surface area contributed by atoms with Gasteiger partial charge in [0.2, 0.25) is 11.8 Å². The zero-order valence-corrected chi connectivity index (χ0v) is 13.4. The van der Waals surface area contributed by atoms with Crippen molar-refractivity contribution >= 4 is 22.6 Å². The minimum absolute atomic E-state index is 0.111. The van der Waals surface area contributed by atoms with Crippen molar-refractivity contribution < 1.29 is 9.59 Å². The number of carbonyl (C=O) groups excluding carboxylic acids is 2. The number of fused-ring (bicyclic) bond motifs is 1. The number of primary amides is 2. The quantitative estimate of drug-likeness (QED) is 0.775. The Balaban J connectivity index is 2.37. The summed E-state index contributed by atoms with van der Waals surface area (Å²) in [5, 5.41) is 1.80. The molecule has 3 rings (SSSR count). The first kappa shape index (κ1) is 15.7. The Morgan fingerprint density at radius 2 is 1.50 bits per heavy atom. The summed E-state index contributed by atoms with van der Waals surface area (Å²) in [5.41, 5.74) is 14.9. The van der Waals surface area contributed by atoms with Crippen LogP contribution in [0.5, 0.6) is 0 Å². The van der Waals surface area contributed by atoms with Crippen molar-refractivity contribution in [2.45, 2.75) is 13.3 Å². The van der Waals surface area contributed by atoms with Gasteiger partial charge in [-0.05, 0) is 46.0 Å². The summed E-state index contributed by atoms with van der Waals surface area (Å²) in [7, 11) is 0. The fourth-order valence-corrected chi connectivity index (χ4v) is 3.16. The summed E-state index contributed by atoms with van der Waals surface area (Å²) < 4.78 is 0. The molecular weight excluding hydrogens is 300 g/mol. The zero-order chi connectivity index (χ0) is 17.3. The molecule has 0 saturated heterocycles. The fourth-order valence-electron chi connectivity index (χ4n) is 3.16. The Bertz CT molecular complexity index is 961. The predicted octanol–water partition coefficient (Wildman–Crippen LogP) is 2.94. The van der Waals surface area contributed by atoms with Crippen molar-refractivity contribution in [3.63, 3.8) is 0 Å². The van der Waals surface area contributed by atoms with E-state index in [1.807, 2.05) is 61.5 Å². The normalized spacial score (nSPS) is 10.7. The molecule has 0 fully saturated rings. The Morgan fingerprint density at radius 1 is 0.875 bits per heavy atom. The molecule has 0 aliphatic carbocycles. The van der Waals surface area contributed by atoms with E-state index >= 15 is 0 Å². The van der Waals surface area contributed by atoms with Gasteiger partial charge in [-0.2, -0.15) is 0 Å². The van der Waals surface area contributed by atoms with Gasteiger partial charge >= 0.3 is 0 Å². The Labute approximate surface area is 140 Å². The van der Waals surface area contributed by atoms with E-state index in [-0.39, 0.29) is 6.42 Å². The molecule has 3 aromatic rings. The molecule has 24 heavy (non-hydrogen) atoms. The maximum atomic E-state index is 12.2. The Hall–Kier alpha value is -3.14. The van der Waals surface area contributed by atoms with Gasteiger partial charge in [-0.3, -0.25) is 9.59 Å². The van der Waals surface area contributed by atoms with Gasteiger partial charge in [-0.1, -0.05) is 48.5 Å². The van der Waals surface area contributed by atoms with Crippen LogP contribution in [0.15, 0.2) is 54.6 Å². The summed E-state index contributed by atoms with van der Waals surface area (Å²) in [6.45, 7) is 1.99. The SMILES string of the molecule is Cc1cc(-c2ccccc2CC(N)=O)c(C(N)=O)c2ccccc12. The minimum atomic E-state index is -0.491. The number of amides is 2. The third kappa shape index (κ3) is 2.74. The van der Waals surface area contributed by atoms with Crippen molar-refractivity contribution in [3.8, 4) is 11.1 Å². The molecule has 0 radical (unpaired) electrons. The molecule has 0 aliphatic rings. The molecule has 0 spiro atoms. The number of nitrogens with two attached hydrogens (primary N) is 2. The second-order valence-corrected chi connectivity index (χ2v) is 5.83. The van der Waals surface area contributed by atoms with E-state index in [4.69, 9.17) is 11.5 Å². The first-order chi connectivity index (χ1) is 11.5. The highest BCUT2D eigenvalue weighted by Crippen LogP contribution is 2.34. The van der Waals surface area contributed by atoms with Crippen LogP contribution in [0.3, 0.4) is 0 Å². The lowest BCUT2D eigenvalue weighted by atomic mass is 9.88. The van der Waals surface area contributed by atoms with Gasteiger partial charge in [0, 0.05) is 0 Å². The van der Waals surface area contributed by atoms with Gasteiger partial charge < -0.3 is 11.5 Å². The molecule has 0 aliphatic heterocycles. The fraction of sp³-hybridized carbons (Fsp3) is 0.100. The highest BCUT2D eigenvalue weighted by atomic mass is 16.1. The van der Waals surface area contributed by atoms with Crippen molar-refractivity contribution in [1.82, 2.24) is 0 Å². The first-order valence-electron chi connectivity index (χ1n) is 7.67. The molecule has 0 unspecified atom stereocenters. The van der Waals surface area contributed by atoms with E-state index in [2.05, 4.69) is 0 Å². The summed E-state index contributed by atoms with van der Waals surface area (Å²) in [5.74, 6) is -0.907. The van der Waals surface area contributed by atoms with Crippen molar-refractivity contribution in [2.24, 2.45) is 11.5 Å². The average Bonchev–Trinajstić information content (AvgIpc) is 2.54. The molecule has 4 nitrogen and oxygen atoms in total. The summed E-state index contributed by atoms with van der Waals surface area (Å²) >= 11 is 0. The number of rotatable bonds is 4. The van der Waals surface area contributed by atoms with Crippen molar-refractivity contribution in [1.29, 1.82) is 0 Å². The Morgan fingerprint density at radius 3 is 2.17 bits per heavy atom. The highest BCUT2D eigenvalue weighted by Gasteiger charge is 2.18. The van der Waals surface area contributed by atoms with E-state index < -0.39 is 11.8 Å². The van der Waals surface area contributed by atoms with E-state index in [0.29, 0.717) is 5.56 Å². The van der Waals surface area contributed by atoms with Gasteiger partial charge in [-0.15, -0.1) is 0 Å². The van der Waals surface area contributed by atoms with Gasteiger partial charge in [-0.25, -0.2) is 0 Å². The van der Waals surface area contributed by atoms with Crippen LogP contribution >= 0.6 is 0 Å². The largest absolute Gasteiger partial charge is 0.369 e. The van der Waals surface area contributed by atoms with Crippen LogP contribution in [0.1, 0.15) is 21.5 Å². The van der Waals surface area contributed by atoms with Crippen LogP contribution < -0.4 is 11.5 Å². The molecular formula is C20H18N2O2. The second kappa shape index (κ2) is 6.16. The van der Waals surface area contributed by atoms with Crippen LogP contribution in [0.2, 0.25) is 0 Å². The molecule has 0 bridgehead atoms. The number of benzene rings is 3. The molecule has 4 N–H and O–H groups in total. The van der Waals surface area contributed by atoms with Gasteiger partial charge in [0.05, 0.1) is 12.0 Å². The summed E-state index contributed by atoms with van der Waals surface area (Å²) in [4.78, 5) is 23.6. The van der Waals surface area contributed by atoms with Crippen LogP contribution in [-0.4, -0.2) is 11.8 Å². The molecule has 0 atom stereocenters. The molecule has 2 amide bonds. The minimum Gasteiger partial charge on any atom is -0.369 e. The lowest BCUT2D eigenvalue weighted by Crippen LogP contribution is -2.16. The molecule has 0 saturated carbocycles. The third-order valence-electron chi connectivity index (χ3n) is 4.17. The van der Waals surface area contributed by atoms with Crippen LogP contribution in [0.25, 0.3) is 21.9 Å². The van der Waals surface area contributed by atoms with E-state index in [0.717, 1.165) is 33.0 Å². The van der Waals surface area contributed by atoms with E-state index in [1.165, 1.54) is 0 Å². The smallest absolute Gasteiger partial charge is 0.249 e. The number of aryl methyl sites for hydroxylation is 1. The molecule has 0 aromatic heterocycles. The number of hydrogen-bond acceptors (Lipinski definition) is 2. The van der Waals surface area contributed by atoms with Crippen LogP contribution in [0, 0.1) is 6.92 Å². The third-order valence-corrected chi connectivity index (χ3v) is 4.17. The lowest BCUT2D eigenvalue weighted by molar-refractivity contribution is -0.117. The standard InChI is InChI=1S/C20H18N2O2/c1-12-10-17(15-8-3-2-6-13(15)11-18(21)23)19(20(22)24)16-9-5-4-7-14(12)16/h2-10H,11H2,1H3,(H2,21,23)(H2,22,24). The monoisotopic (exact) mass is 318 g/mol. The van der Waals surface area contributed by atoms with E-state index in [9.17, 15) is 9.59 Å². The number of hydrogen-bond donors (Lipinski definition) is 2.